The van der Waals surface area contributed by atoms with Crippen LogP contribution in [0.1, 0.15) is 35.7 Å². The lowest BCUT2D eigenvalue weighted by Gasteiger charge is -2.20. The second kappa shape index (κ2) is 11.6. The number of halogens is 2. The third-order valence-electron chi connectivity index (χ3n) is 7.17. The summed E-state index contributed by atoms with van der Waals surface area (Å²) in [7, 11) is 0. The van der Waals surface area contributed by atoms with E-state index < -0.39 is 17.9 Å². The molecular weight excluding hydrogens is 543 g/mol. The number of hydrogen-bond donors (Lipinski definition) is 3. The Labute approximate surface area is 235 Å². The third-order valence-corrected chi connectivity index (χ3v) is 7.48. The van der Waals surface area contributed by atoms with Crippen molar-refractivity contribution in [2.24, 2.45) is 11.8 Å². The Balaban J connectivity index is 0.00000353. The largest absolute Gasteiger partial charge is 0.347 e. The van der Waals surface area contributed by atoms with Crippen LogP contribution in [0.25, 0.3) is 10.9 Å². The average molecular weight is 571 g/mol. The van der Waals surface area contributed by atoms with Crippen molar-refractivity contribution >= 4 is 52.4 Å². The lowest BCUT2D eigenvalue weighted by molar-refractivity contribution is -0.119. The first-order valence-corrected chi connectivity index (χ1v) is 13.0. The van der Waals surface area contributed by atoms with Crippen LogP contribution >= 0.6 is 24.0 Å². The van der Waals surface area contributed by atoms with Crippen molar-refractivity contribution in [3.63, 3.8) is 0 Å². The monoisotopic (exact) mass is 570 g/mol. The van der Waals surface area contributed by atoms with E-state index in [9.17, 15) is 19.2 Å². The highest BCUT2D eigenvalue weighted by molar-refractivity contribution is 6.32. The van der Waals surface area contributed by atoms with Crippen LogP contribution < -0.4 is 27.2 Å². The van der Waals surface area contributed by atoms with Gasteiger partial charge in [-0.15, -0.1) is 12.4 Å². The summed E-state index contributed by atoms with van der Waals surface area (Å²) in [5, 5.41) is 18.5. The number of aryl methyl sites for hydroxylation is 1. The van der Waals surface area contributed by atoms with E-state index in [-0.39, 0.29) is 40.1 Å². The quantitative estimate of drug-likeness (QED) is 0.399. The first kappa shape index (κ1) is 28.4. The molecule has 2 aromatic carbocycles. The summed E-state index contributed by atoms with van der Waals surface area (Å²) in [6, 6.07) is 10.9. The van der Waals surface area contributed by atoms with Crippen LogP contribution in [0.5, 0.6) is 0 Å². The maximum absolute atomic E-state index is 13.2. The van der Waals surface area contributed by atoms with E-state index in [4.69, 9.17) is 16.9 Å². The highest BCUT2D eigenvalue weighted by Gasteiger charge is 2.34. The molecule has 3 aromatic rings. The summed E-state index contributed by atoms with van der Waals surface area (Å²) in [6.45, 7) is 3.45. The van der Waals surface area contributed by atoms with Gasteiger partial charge in [0.2, 0.25) is 5.91 Å². The normalized spacial score (nSPS) is 18.3. The van der Waals surface area contributed by atoms with E-state index in [2.05, 4.69) is 16.0 Å². The molecule has 1 aliphatic carbocycles. The first-order valence-electron chi connectivity index (χ1n) is 12.6. The molecule has 1 saturated carbocycles. The number of carbonyl (C=O) groups excluding carboxylic acids is 2. The maximum atomic E-state index is 13.2. The van der Waals surface area contributed by atoms with Gasteiger partial charge in [0, 0.05) is 37.4 Å². The number of fused-ring (bicyclic) bond motifs is 1. The molecule has 39 heavy (non-hydrogen) atoms. The molecule has 5 rings (SSSR count). The minimum atomic E-state index is -0.556. The van der Waals surface area contributed by atoms with Crippen LogP contribution in [-0.2, 0) is 17.9 Å². The van der Waals surface area contributed by atoms with Crippen molar-refractivity contribution in [2.45, 2.75) is 38.9 Å². The number of amides is 2. The molecule has 2 heterocycles. The number of carbonyl (C=O) groups is 2. The Hall–Kier alpha value is -3.65. The molecule has 0 unspecified atom stereocenters. The number of nitriles is 1. The number of benzene rings is 2. The summed E-state index contributed by atoms with van der Waals surface area (Å²) in [4.78, 5) is 52.1. The fraction of sp³-hybridized carbons (Fsp3) is 0.370. The van der Waals surface area contributed by atoms with Gasteiger partial charge in [-0.1, -0.05) is 11.6 Å². The van der Waals surface area contributed by atoms with E-state index >= 15 is 0 Å². The molecule has 0 radical (unpaired) electrons. The number of rotatable bonds is 7. The van der Waals surface area contributed by atoms with Crippen LogP contribution in [-0.4, -0.2) is 40.1 Å². The molecule has 1 aromatic heterocycles. The lowest BCUT2D eigenvalue weighted by Crippen LogP contribution is -2.44. The van der Waals surface area contributed by atoms with Crippen LogP contribution in [0.3, 0.4) is 0 Å². The second-order valence-corrected chi connectivity index (χ2v) is 10.2. The van der Waals surface area contributed by atoms with Crippen molar-refractivity contribution in [3.05, 3.63) is 73.4 Å². The van der Waals surface area contributed by atoms with E-state index in [1.165, 1.54) is 22.8 Å². The molecule has 2 atom stereocenters. The van der Waals surface area contributed by atoms with Gasteiger partial charge in [0.1, 0.15) is 6.07 Å². The van der Waals surface area contributed by atoms with Gasteiger partial charge in [-0.05, 0) is 62.1 Å². The Kier molecular flexibility index (Phi) is 8.45. The SMILES string of the molecule is CCn1c(=O)n(CC2CC2)c(=O)c2cc(NC(=O)[C@@H]3CNC[C@H]3NC(=O)c3ccc(C#N)c(Cl)c3)ccc21.Cl. The van der Waals surface area contributed by atoms with Gasteiger partial charge in [-0.25, -0.2) is 4.79 Å². The number of aromatic nitrogens is 2. The molecule has 0 spiro atoms. The van der Waals surface area contributed by atoms with Crippen molar-refractivity contribution < 1.29 is 9.59 Å². The molecule has 3 N–H and O–H groups in total. The molecule has 2 amide bonds. The zero-order valence-electron chi connectivity index (χ0n) is 21.2. The Morgan fingerprint density at radius 2 is 1.90 bits per heavy atom. The first-order chi connectivity index (χ1) is 18.3. The minimum Gasteiger partial charge on any atom is -0.347 e. The van der Waals surface area contributed by atoms with Crippen molar-refractivity contribution in [1.29, 1.82) is 5.26 Å². The van der Waals surface area contributed by atoms with Crippen molar-refractivity contribution in [2.75, 3.05) is 18.4 Å². The summed E-state index contributed by atoms with van der Waals surface area (Å²) in [5.41, 5.74) is 0.864. The minimum absolute atomic E-state index is 0. The molecule has 10 nitrogen and oxygen atoms in total. The predicted molar refractivity (Wildman–Crippen MR) is 151 cm³/mol. The molecule has 1 saturated heterocycles. The number of anilines is 1. The topological polar surface area (TPSA) is 138 Å². The predicted octanol–water partition coefficient (Wildman–Crippen LogP) is 2.50. The van der Waals surface area contributed by atoms with Gasteiger partial charge in [0.15, 0.2) is 0 Å². The van der Waals surface area contributed by atoms with Gasteiger partial charge in [-0.2, -0.15) is 5.26 Å². The number of nitrogens with one attached hydrogen (secondary N) is 3. The average Bonchev–Trinajstić information content (AvgIpc) is 3.62. The highest BCUT2D eigenvalue weighted by Crippen LogP contribution is 2.30. The van der Waals surface area contributed by atoms with E-state index in [1.807, 2.05) is 13.0 Å². The zero-order chi connectivity index (χ0) is 27.0. The smallest absolute Gasteiger partial charge is 0.331 e. The zero-order valence-corrected chi connectivity index (χ0v) is 22.8. The summed E-state index contributed by atoms with van der Waals surface area (Å²) < 4.78 is 2.88. The van der Waals surface area contributed by atoms with Crippen molar-refractivity contribution in [1.82, 2.24) is 19.8 Å². The summed E-state index contributed by atoms with van der Waals surface area (Å²) in [5.74, 6) is -0.907. The Bertz CT molecular complexity index is 1600. The van der Waals surface area contributed by atoms with Crippen molar-refractivity contribution in [3.8, 4) is 6.07 Å². The van der Waals surface area contributed by atoms with E-state index in [0.29, 0.717) is 54.3 Å². The summed E-state index contributed by atoms with van der Waals surface area (Å²) >= 11 is 6.06. The molecule has 2 aliphatic rings. The van der Waals surface area contributed by atoms with Gasteiger partial charge in [0.05, 0.1) is 33.4 Å². The fourth-order valence-corrected chi connectivity index (χ4v) is 5.09. The van der Waals surface area contributed by atoms with Crippen LogP contribution in [0.15, 0.2) is 46.0 Å². The van der Waals surface area contributed by atoms with Gasteiger partial charge < -0.3 is 16.0 Å². The highest BCUT2D eigenvalue weighted by atomic mass is 35.5. The van der Waals surface area contributed by atoms with Gasteiger partial charge in [0.25, 0.3) is 11.5 Å². The molecule has 0 bridgehead atoms. The summed E-state index contributed by atoms with van der Waals surface area (Å²) in [6.07, 6.45) is 2.02. The lowest BCUT2D eigenvalue weighted by atomic mass is 10.0. The van der Waals surface area contributed by atoms with Crippen LogP contribution in [0, 0.1) is 23.2 Å². The van der Waals surface area contributed by atoms with E-state index in [1.54, 1.807) is 22.8 Å². The molecule has 204 valence electrons. The standard InChI is InChI=1S/C27H27ClN6O4.ClH/c1-2-33-23-8-7-18(10-19(23)26(37)34(27(33)38)14-15-3-4-15)31-25(36)20-12-30-13-22(20)32-24(35)16-5-6-17(11-29)21(28)9-16;/h5-10,15,20,22,30H,2-4,12-14H2,1H3,(H,31,36)(H,32,35);1H/t20-,22-;/m1./s1. The van der Waals surface area contributed by atoms with Gasteiger partial charge >= 0.3 is 5.69 Å². The molecular formula is C27H28Cl2N6O4. The number of nitrogens with zero attached hydrogens (tertiary/aromatic N) is 3. The Morgan fingerprint density at radius 3 is 2.56 bits per heavy atom. The maximum Gasteiger partial charge on any atom is 0.331 e. The molecule has 1 aliphatic heterocycles. The Morgan fingerprint density at radius 1 is 1.13 bits per heavy atom. The van der Waals surface area contributed by atoms with E-state index in [0.717, 1.165) is 12.8 Å². The van der Waals surface area contributed by atoms with Gasteiger partial charge in [-0.3, -0.25) is 23.5 Å². The molecule has 12 heteroatoms. The number of hydrogen-bond acceptors (Lipinski definition) is 6. The second-order valence-electron chi connectivity index (χ2n) is 9.76. The molecule has 2 fully saturated rings. The van der Waals surface area contributed by atoms with Crippen LogP contribution in [0.4, 0.5) is 5.69 Å². The fourth-order valence-electron chi connectivity index (χ4n) is 4.87. The van der Waals surface area contributed by atoms with Crippen LogP contribution in [0.2, 0.25) is 5.02 Å². The third kappa shape index (κ3) is 5.71.